The number of aryl methyl sites for hydroxylation is 1. The van der Waals surface area contributed by atoms with Crippen molar-refractivity contribution in [3.05, 3.63) is 47.8 Å². The Hall–Kier alpha value is -2.21. The Balaban J connectivity index is 2.13. The van der Waals surface area contributed by atoms with Gasteiger partial charge >= 0.3 is 0 Å². The van der Waals surface area contributed by atoms with Gasteiger partial charge in [0.25, 0.3) is 5.91 Å². The fourth-order valence-electron chi connectivity index (χ4n) is 1.67. The number of carbonyl (C=O) groups is 1. The van der Waals surface area contributed by atoms with Crippen molar-refractivity contribution >= 4 is 11.6 Å². The van der Waals surface area contributed by atoms with Crippen molar-refractivity contribution in [2.45, 2.75) is 13.5 Å². The fourth-order valence-corrected chi connectivity index (χ4v) is 1.67. The van der Waals surface area contributed by atoms with E-state index < -0.39 is 11.7 Å². The summed E-state index contributed by atoms with van der Waals surface area (Å²) >= 11 is 0. The summed E-state index contributed by atoms with van der Waals surface area (Å²) in [4.78, 5) is 15.9. The van der Waals surface area contributed by atoms with Gasteiger partial charge < -0.3 is 15.6 Å². The van der Waals surface area contributed by atoms with Crippen LogP contribution >= 0.6 is 0 Å². The number of hydrogen-bond donors (Lipinski definition) is 2. The van der Waals surface area contributed by atoms with Gasteiger partial charge in [0.05, 0.1) is 12.0 Å². The molecule has 0 bridgehead atoms. The van der Waals surface area contributed by atoms with Crippen LogP contribution in [0, 0.1) is 12.7 Å². The lowest BCUT2D eigenvalue weighted by Crippen LogP contribution is -2.14. The first kappa shape index (κ1) is 13.2. The Morgan fingerprint density at radius 2 is 2.32 bits per heavy atom. The molecule has 0 aliphatic carbocycles. The molecule has 1 heterocycles. The molecule has 2 rings (SSSR count). The summed E-state index contributed by atoms with van der Waals surface area (Å²) in [5.74, 6) is -0.916. The Bertz CT molecular complexity index is 594. The molecule has 0 aliphatic heterocycles. The van der Waals surface area contributed by atoms with Crippen LogP contribution in [-0.4, -0.2) is 22.0 Å². The molecular formula is C13H15FN4O. The molecule has 0 unspecified atom stereocenters. The van der Waals surface area contributed by atoms with Crippen LogP contribution < -0.4 is 11.1 Å². The summed E-state index contributed by atoms with van der Waals surface area (Å²) in [5.41, 5.74) is 6.66. The minimum Gasteiger partial charge on any atom is -0.335 e. The highest BCUT2D eigenvalue weighted by Crippen LogP contribution is 2.16. The van der Waals surface area contributed by atoms with E-state index in [4.69, 9.17) is 5.73 Å². The molecule has 3 N–H and O–H groups in total. The number of nitrogens with one attached hydrogen (secondary N) is 1. The van der Waals surface area contributed by atoms with Gasteiger partial charge in [0.1, 0.15) is 11.5 Å². The highest BCUT2D eigenvalue weighted by molar-refractivity contribution is 6.02. The SMILES string of the molecule is Cc1ccc(F)c(NC(=O)c2cn(CCN)cn2)c1. The van der Waals surface area contributed by atoms with Crippen LogP contribution in [0.4, 0.5) is 10.1 Å². The van der Waals surface area contributed by atoms with Gasteiger partial charge in [-0.1, -0.05) is 6.07 Å². The molecular weight excluding hydrogens is 247 g/mol. The lowest BCUT2D eigenvalue weighted by atomic mass is 10.2. The van der Waals surface area contributed by atoms with E-state index in [0.29, 0.717) is 13.1 Å². The molecule has 1 aromatic carbocycles. The molecule has 19 heavy (non-hydrogen) atoms. The van der Waals surface area contributed by atoms with E-state index in [9.17, 15) is 9.18 Å². The molecule has 0 atom stereocenters. The number of halogens is 1. The average Bonchev–Trinajstić information content (AvgIpc) is 2.83. The summed E-state index contributed by atoms with van der Waals surface area (Å²) in [5, 5.41) is 2.50. The van der Waals surface area contributed by atoms with Crippen LogP contribution in [0.3, 0.4) is 0 Å². The van der Waals surface area contributed by atoms with E-state index in [1.807, 2.05) is 6.92 Å². The van der Waals surface area contributed by atoms with Crippen molar-refractivity contribution in [3.63, 3.8) is 0 Å². The van der Waals surface area contributed by atoms with Crippen LogP contribution in [-0.2, 0) is 6.54 Å². The number of aromatic nitrogens is 2. The first-order valence-electron chi connectivity index (χ1n) is 5.89. The average molecular weight is 262 g/mol. The third-order valence-electron chi connectivity index (χ3n) is 2.62. The minimum absolute atomic E-state index is 0.151. The van der Waals surface area contributed by atoms with Gasteiger partial charge in [0.2, 0.25) is 0 Å². The summed E-state index contributed by atoms with van der Waals surface area (Å²) in [7, 11) is 0. The third-order valence-corrected chi connectivity index (χ3v) is 2.62. The Morgan fingerprint density at radius 1 is 1.53 bits per heavy atom. The number of rotatable bonds is 4. The first-order chi connectivity index (χ1) is 9.10. The van der Waals surface area contributed by atoms with Gasteiger partial charge in [-0.2, -0.15) is 0 Å². The molecule has 2 aromatic rings. The van der Waals surface area contributed by atoms with Gasteiger partial charge in [-0.05, 0) is 24.6 Å². The number of imidazole rings is 1. The quantitative estimate of drug-likeness (QED) is 0.877. The fraction of sp³-hybridized carbons (Fsp3) is 0.231. The maximum atomic E-state index is 13.5. The van der Waals surface area contributed by atoms with Gasteiger partial charge in [-0.25, -0.2) is 9.37 Å². The normalized spacial score (nSPS) is 10.5. The van der Waals surface area contributed by atoms with Crippen LogP contribution in [0.1, 0.15) is 16.1 Å². The van der Waals surface area contributed by atoms with Gasteiger partial charge in [0, 0.05) is 19.3 Å². The molecule has 1 amide bonds. The third kappa shape index (κ3) is 3.17. The van der Waals surface area contributed by atoms with Crippen molar-refractivity contribution in [1.29, 1.82) is 0 Å². The molecule has 0 fully saturated rings. The monoisotopic (exact) mass is 262 g/mol. The number of hydrogen-bond acceptors (Lipinski definition) is 3. The van der Waals surface area contributed by atoms with Gasteiger partial charge in [-0.3, -0.25) is 4.79 Å². The lowest BCUT2D eigenvalue weighted by molar-refractivity contribution is 0.102. The second-order valence-corrected chi connectivity index (χ2v) is 4.22. The molecule has 0 saturated heterocycles. The molecule has 6 heteroatoms. The zero-order chi connectivity index (χ0) is 13.8. The van der Waals surface area contributed by atoms with Crippen molar-refractivity contribution in [3.8, 4) is 0 Å². The van der Waals surface area contributed by atoms with E-state index in [1.165, 1.54) is 12.4 Å². The number of nitrogens with zero attached hydrogens (tertiary/aromatic N) is 2. The zero-order valence-corrected chi connectivity index (χ0v) is 10.6. The zero-order valence-electron chi connectivity index (χ0n) is 10.6. The van der Waals surface area contributed by atoms with Crippen LogP contribution in [0.5, 0.6) is 0 Å². The lowest BCUT2D eigenvalue weighted by Gasteiger charge is -2.05. The van der Waals surface area contributed by atoms with Crippen molar-refractivity contribution in [2.75, 3.05) is 11.9 Å². The number of nitrogens with two attached hydrogens (primary N) is 1. The summed E-state index contributed by atoms with van der Waals surface area (Å²) in [6.07, 6.45) is 3.10. The summed E-state index contributed by atoms with van der Waals surface area (Å²) in [6.45, 7) is 2.87. The van der Waals surface area contributed by atoms with Crippen molar-refractivity contribution in [2.24, 2.45) is 5.73 Å². The Labute approximate surface area is 110 Å². The summed E-state index contributed by atoms with van der Waals surface area (Å²) in [6, 6.07) is 4.53. The number of carbonyl (C=O) groups excluding carboxylic acids is 1. The highest BCUT2D eigenvalue weighted by Gasteiger charge is 2.12. The second-order valence-electron chi connectivity index (χ2n) is 4.22. The maximum Gasteiger partial charge on any atom is 0.275 e. The first-order valence-corrected chi connectivity index (χ1v) is 5.89. The number of benzene rings is 1. The molecule has 0 spiro atoms. The molecule has 0 radical (unpaired) electrons. The maximum absolute atomic E-state index is 13.5. The standard InChI is InChI=1S/C13H15FN4O/c1-9-2-3-10(14)11(6-9)17-13(19)12-7-18(5-4-15)8-16-12/h2-3,6-8H,4-5,15H2,1H3,(H,17,19). The van der Waals surface area contributed by atoms with Gasteiger partial charge in [0.15, 0.2) is 0 Å². The predicted molar refractivity (Wildman–Crippen MR) is 70.4 cm³/mol. The van der Waals surface area contributed by atoms with E-state index in [1.54, 1.807) is 22.9 Å². The van der Waals surface area contributed by atoms with Crippen LogP contribution in [0.2, 0.25) is 0 Å². The molecule has 5 nitrogen and oxygen atoms in total. The Kier molecular flexibility index (Phi) is 3.91. The predicted octanol–water partition coefficient (Wildman–Crippen LogP) is 1.54. The van der Waals surface area contributed by atoms with E-state index in [0.717, 1.165) is 5.56 Å². The van der Waals surface area contributed by atoms with Crippen molar-refractivity contribution < 1.29 is 9.18 Å². The van der Waals surface area contributed by atoms with Crippen molar-refractivity contribution in [1.82, 2.24) is 9.55 Å². The molecule has 100 valence electrons. The van der Waals surface area contributed by atoms with Gasteiger partial charge in [-0.15, -0.1) is 0 Å². The smallest absolute Gasteiger partial charge is 0.275 e. The van der Waals surface area contributed by atoms with E-state index >= 15 is 0 Å². The van der Waals surface area contributed by atoms with Crippen LogP contribution in [0.25, 0.3) is 0 Å². The molecule has 0 saturated carbocycles. The number of amides is 1. The molecule has 0 aliphatic rings. The summed E-state index contributed by atoms with van der Waals surface area (Å²) < 4.78 is 15.2. The minimum atomic E-state index is -0.472. The van der Waals surface area contributed by atoms with E-state index in [2.05, 4.69) is 10.3 Å². The largest absolute Gasteiger partial charge is 0.335 e. The van der Waals surface area contributed by atoms with E-state index in [-0.39, 0.29) is 11.4 Å². The highest BCUT2D eigenvalue weighted by atomic mass is 19.1. The van der Waals surface area contributed by atoms with Crippen LogP contribution in [0.15, 0.2) is 30.7 Å². The second kappa shape index (κ2) is 5.62. The Morgan fingerprint density at radius 3 is 3.05 bits per heavy atom. The molecule has 1 aromatic heterocycles. The topological polar surface area (TPSA) is 72.9 Å². The number of anilines is 1.